The maximum atomic E-state index is 5.59. The van der Waals surface area contributed by atoms with Crippen LogP contribution < -0.4 is 4.74 Å². The van der Waals surface area contributed by atoms with E-state index < -0.39 is 0 Å². The predicted molar refractivity (Wildman–Crippen MR) is 59.1 cm³/mol. The lowest BCUT2D eigenvalue weighted by atomic mass is 10.4. The van der Waals surface area contributed by atoms with Crippen LogP contribution in [0.2, 0.25) is 5.15 Å². The highest BCUT2D eigenvalue weighted by atomic mass is 79.9. The lowest BCUT2D eigenvalue weighted by Gasteiger charge is -2.02. The van der Waals surface area contributed by atoms with Gasteiger partial charge in [-0.3, -0.25) is 4.98 Å². The number of hydrogen-bond acceptors (Lipinski definition) is 4. The molecule has 6 heteroatoms. The first-order chi connectivity index (χ1) is 7.24. The standard InChI is InChI=1S/C9H5BrClN3O/c10-6-3-7(5-12-4-6)15-9-2-1-8(11)13-14-9/h1-5H. The van der Waals surface area contributed by atoms with Gasteiger partial charge in [-0.1, -0.05) is 11.6 Å². The molecule has 0 fully saturated rings. The highest BCUT2D eigenvalue weighted by Gasteiger charge is 2.00. The van der Waals surface area contributed by atoms with E-state index in [9.17, 15) is 0 Å². The molecule has 15 heavy (non-hydrogen) atoms. The molecule has 2 aromatic rings. The van der Waals surface area contributed by atoms with Crippen LogP contribution in [0.3, 0.4) is 0 Å². The van der Waals surface area contributed by atoms with Crippen LogP contribution in [0.1, 0.15) is 0 Å². The van der Waals surface area contributed by atoms with Crippen molar-refractivity contribution in [3.8, 4) is 11.6 Å². The second-order valence-corrected chi connectivity index (χ2v) is 3.94. The second-order valence-electron chi connectivity index (χ2n) is 2.64. The number of hydrogen-bond donors (Lipinski definition) is 0. The smallest absolute Gasteiger partial charge is 0.239 e. The number of ether oxygens (including phenoxy) is 1. The third-order valence-corrected chi connectivity index (χ3v) is 2.14. The molecule has 0 saturated carbocycles. The maximum absolute atomic E-state index is 5.59. The van der Waals surface area contributed by atoms with Crippen LogP contribution in [0, 0.1) is 0 Å². The SMILES string of the molecule is Clc1ccc(Oc2cncc(Br)c2)nn1. The molecule has 0 saturated heterocycles. The Morgan fingerprint density at radius 1 is 1.20 bits per heavy atom. The molecule has 0 unspecified atom stereocenters. The van der Waals surface area contributed by atoms with E-state index in [1.165, 1.54) is 0 Å². The van der Waals surface area contributed by atoms with Gasteiger partial charge in [0.25, 0.3) is 0 Å². The van der Waals surface area contributed by atoms with Crippen molar-refractivity contribution < 1.29 is 4.74 Å². The van der Waals surface area contributed by atoms with Crippen molar-refractivity contribution in [3.63, 3.8) is 0 Å². The first-order valence-corrected chi connectivity index (χ1v) is 5.19. The Balaban J connectivity index is 2.18. The van der Waals surface area contributed by atoms with Crippen LogP contribution in [-0.2, 0) is 0 Å². The fourth-order valence-electron chi connectivity index (χ4n) is 0.927. The van der Waals surface area contributed by atoms with E-state index in [1.807, 2.05) is 0 Å². The lowest BCUT2D eigenvalue weighted by Crippen LogP contribution is -1.90. The molecule has 0 atom stereocenters. The number of halogens is 2. The van der Waals surface area contributed by atoms with Crippen molar-refractivity contribution in [2.75, 3.05) is 0 Å². The Hall–Kier alpha value is -1.20. The Labute approximate surface area is 99.4 Å². The average Bonchev–Trinajstić information content (AvgIpc) is 2.22. The van der Waals surface area contributed by atoms with E-state index in [4.69, 9.17) is 16.3 Å². The summed E-state index contributed by atoms with van der Waals surface area (Å²) in [5.41, 5.74) is 0. The Kier molecular flexibility index (Phi) is 3.13. The predicted octanol–water partition coefficient (Wildman–Crippen LogP) is 3.08. The van der Waals surface area contributed by atoms with Crippen molar-refractivity contribution in [2.24, 2.45) is 0 Å². The minimum atomic E-state index is 0.328. The third kappa shape index (κ3) is 2.87. The zero-order valence-corrected chi connectivity index (χ0v) is 9.73. The lowest BCUT2D eigenvalue weighted by molar-refractivity contribution is 0.453. The van der Waals surface area contributed by atoms with E-state index >= 15 is 0 Å². The summed E-state index contributed by atoms with van der Waals surface area (Å²) >= 11 is 8.88. The number of pyridine rings is 1. The molecule has 0 bridgehead atoms. The number of nitrogens with zero attached hydrogens (tertiary/aromatic N) is 3. The summed E-state index contributed by atoms with van der Waals surface area (Å²) in [6.07, 6.45) is 3.25. The Bertz CT molecular complexity index is 463. The van der Waals surface area contributed by atoms with Crippen molar-refractivity contribution in [3.05, 3.63) is 40.2 Å². The largest absolute Gasteiger partial charge is 0.436 e. The average molecular weight is 287 g/mol. The molecule has 0 aliphatic heterocycles. The van der Waals surface area contributed by atoms with E-state index in [0.717, 1.165) is 4.47 Å². The van der Waals surface area contributed by atoms with E-state index in [1.54, 1.807) is 30.6 Å². The van der Waals surface area contributed by atoms with Crippen molar-refractivity contribution in [1.82, 2.24) is 15.2 Å². The molecular formula is C9H5BrClN3O. The van der Waals surface area contributed by atoms with Crippen LogP contribution in [0.5, 0.6) is 11.6 Å². The quantitative estimate of drug-likeness (QED) is 0.851. The van der Waals surface area contributed by atoms with Crippen LogP contribution >= 0.6 is 27.5 Å². The highest BCUT2D eigenvalue weighted by Crippen LogP contribution is 2.21. The Morgan fingerprint density at radius 2 is 2.07 bits per heavy atom. The van der Waals surface area contributed by atoms with Gasteiger partial charge in [-0.2, -0.15) is 0 Å². The van der Waals surface area contributed by atoms with Gasteiger partial charge in [-0.15, -0.1) is 10.2 Å². The zero-order chi connectivity index (χ0) is 10.7. The van der Waals surface area contributed by atoms with Gasteiger partial charge >= 0.3 is 0 Å². The summed E-state index contributed by atoms with van der Waals surface area (Å²) in [5, 5.41) is 7.74. The fourth-order valence-corrected chi connectivity index (χ4v) is 1.37. The van der Waals surface area contributed by atoms with Crippen molar-refractivity contribution in [2.45, 2.75) is 0 Å². The summed E-state index contributed by atoms with van der Waals surface area (Å²) in [6.45, 7) is 0. The summed E-state index contributed by atoms with van der Waals surface area (Å²) in [4.78, 5) is 3.95. The summed E-state index contributed by atoms with van der Waals surface area (Å²) < 4.78 is 6.22. The van der Waals surface area contributed by atoms with Gasteiger partial charge in [0.2, 0.25) is 5.88 Å². The minimum absolute atomic E-state index is 0.328. The van der Waals surface area contributed by atoms with E-state index in [0.29, 0.717) is 16.8 Å². The summed E-state index contributed by atoms with van der Waals surface area (Å²) in [6, 6.07) is 5.02. The van der Waals surface area contributed by atoms with Gasteiger partial charge in [0.1, 0.15) is 5.75 Å². The Morgan fingerprint density at radius 3 is 2.73 bits per heavy atom. The van der Waals surface area contributed by atoms with Crippen LogP contribution in [0.25, 0.3) is 0 Å². The van der Waals surface area contributed by atoms with Crippen molar-refractivity contribution >= 4 is 27.5 Å². The fraction of sp³-hybridized carbons (Fsp3) is 0. The number of rotatable bonds is 2. The molecule has 0 radical (unpaired) electrons. The molecule has 2 rings (SSSR count). The second kappa shape index (κ2) is 4.55. The summed E-state index contributed by atoms with van der Waals surface area (Å²) in [5.74, 6) is 0.959. The molecule has 76 valence electrons. The van der Waals surface area contributed by atoms with Crippen molar-refractivity contribution in [1.29, 1.82) is 0 Å². The molecule has 0 aliphatic carbocycles. The van der Waals surface area contributed by atoms with Gasteiger partial charge in [-0.05, 0) is 28.1 Å². The van der Waals surface area contributed by atoms with Gasteiger partial charge in [-0.25, -0.2) is 0 Å². The minimum Gasteiger partial charge on any atom is -0.436 e. The first-order valence-electron chi connectivity index (χ1n) is 4.02. The summed E-state index contributed by atoms with van der Waals surface area (Å²) in [7, 11) is 0. The van der Waals surface area contributed by atoms with Gasteiger partial charge in [0.05, 0.1) is 6.20 Å². The molecule has 2 heterocycles. The van der Waals surface area contributed by atoms with Gasteiger partial charge < -0.3 is 4.74 Å². The normalized spacial score (nSPS) is 10.0. The molecule has 0 aromatic carbocycles. The third-order valence-electron chi connectivity index (χ3n) is 1.51. The van der Waals surface area contributed by atoms with Crippen LogP contribution in [-0.4, -0.2) is 15.2 Å². The van der Waals surface area contributed by atoms with E-state index in [-0.39, 0.29) is 0 Å². The highest BCUT2D eigenvalue weighted by molar-refractivity contribution is 9.10. The van der Waals surface area contributed by atoms with Gasteiger partial charge in [0.15, 0.2) is 5.15 Å². The topological polar surface area (TPSA) is 47.9 Å². The van der Waals surface area contributed by atoms with Crippen LogP contribution in [0.15, 0.2) is 35.1 Å². The van der Waals surface area contributed by atoms with E-state index in [2.05, 4.69) is 31.1 Å². The molecule has 0 N–H and O–H groups in total. The monoisotopic (exact) mass is 285 g/mol. The maximum Gasteiger partial charge on any atom is 0.239 e. The first kappa shape index (κ1) is 10.3. The molecule has 2 aromatic heterocycles. The molecule has 0 spiro atoms. The molecular weight excluding hydrogens is 281 g/mol. The molecule has 0 amide bonds. The van der Waals surface area contributed by atoms with Gasteiger partial charge in [0, 0.05) is 16.7 Å². The molecule has 4 nitrogen and oxygen atoms in total. The molecule has 0 aliphatic rings. The zero-order valence-electron chi connectivity index (χ0n) is 7.39. The number of aromatic nitrogens is 3. The van der Waals surface area contributed by atoms with Crippen LogP contribution in [0.4, 0.5) is 0 Å².